The Bertz CT molecular complexity index is 1130. The summed E-state index contributed by atoms with van der Waals surface area (Å²) < 4.78 is 0. The fourth-order valence-electron chi connectivity index (χ4n) is 4.57. The summed E-state index contributed by atoms with van der Waals surface area (Å²) in [4.78, 5) is 0. The Balaban J connectivity index is 1.85. The van der Waals surface area contributed by atoms with Crippen LogP contribution in [0.25, 0.3) is 33.0 Å². The molecule has 0 heteroatoms. The van der Waals surface area contributed by atoms with Gasteiger partial charge in [-0.3, -0.25) is 0 Å². The Morgan fingerprint density at radius 2 is 1.38 bits per heavy atom. The van der Waals surface area contributed by atoms with E-state index in [4.69, 9.17) is 0 Å². The fraction of sp³-hybridized carbons (Fsp3) is 0.0417. The van der Waals surface area contributed by atoms with Crippen LogP contribution in [-0.2, 0) is 6.42 Å². The summed E-state index contributed by atoms with van der Waals surface area (Å²) in [7, 11) is 0. The first-order valence-electron chi connectivity index (χ1n) is 8.52. The van der Waals surface area contributed by atoms with Crippen molar-refractivity contribution in [3.8, 4) is 22.3 Å². The molecule has 110 valence electrons. The van der Waals surface area contributed by atoms with Gasteiger partial charge in [-0.15, -0.1) is 0 Å². The van der Waals surface area contributed by atoms with Crippen LogP contribution in [0.2, 0.25) is 0 Å². The number of benzene rings is 4. The predicted octanol–water partition coefficient (Wildman–Crippen LogP) is 6.01. The third-order valence-electron chi connectivity index (χ3n) is 5.56. The molecule has 2 aliphatic rings. The van der Waals surface area contributed by atoms with Crippen molar-refractivity contribution >= 4 is 10.8 Å². The van der Waals surface area contributed by atoms with Crippen molar-refractivity contribution < 1.29 is 0 Å². The zero-order valence-electron chi connectivity index (χ0n) is 13.2. The lowest BCUT2D eigenvalue weighted by atomic mass is 9.68. The molecule has 6 rings (SSSR count). The van der Waals surface area contributed by atoms with Gasteiger partial charge >= 0.3 is 0 Å². The summed E-state index contributed by atoms with van der Waals surface area (Å²) in [5.74, 6) is 1.49. The van der Waals surface area contributed by atoms with Crippen LogP contribution in [0.4, 0.5) is 0 Å². The second-order valence-corrected chi connectivity index (χ2v) is 6.75. The molecule has 4 aromatic carbocycles. The highest BCUT2D eigenvalue weighted by molar-refractivity contribution is 6.08. The third-order valence-corrected chi connectivity index (χ3v) is 5.56. The molecule has 0 fully saturated rings. The van der Waals surface area contributed by atoms with Gasteiger partial charge in [-0.1, -0.05) is 24.3 Å². The van der Waals surface area contributed by atoms with Crippen LogP contribution in [0.1, 0.15) is 16.7 Å². The molecule has 0 nitrogen and oxygen atoms in total. The Hall–Kier alpha value is -2.99. The number of hydrogen-bond acceptors (Lipinski definition) is 0. The molecule has 4 aromatic rings. The van der Waals surface area contributed by atoms with Crippen molar-refractivity contribution in [2.45, 2.75) is 6.42 Å². The first-order valence-corrected chi connectivity index (χ1v) is 8.52. The van der Waals surface area contributed by atoms with Gasteiger partial charge in [0.15, 0.2) is 0 Å². The quantitative estimate of drug-likeness (QED) is 0.349. The minimum Gasteiger partial charge on any atom is -0.0619 e. The number of hydrogen-bond donors (Lipinski definition) is 0. The number of fused-ring (bicyclic) bond motifs is 5. The maximum Gasteiger partial charge on any atom is 0.0933 e. The van der Waals surface area contributed by atoms with Crippen LogP contribution in [0, 0.1) is 5.92 Å². The van der Waals surface area contributed by atoms with Gasteiger partial charge in [0.1, 0.15) is 0 Å². The maximum atomic E-state index is 2.31. The molecule has 0 aromatic heterocycles. The number of rotatable bonds is 0. The summed E-state index contributed by atoms with van der Waals surface area (Å²) in [5, 5.41) is 2.77. The van der Waals surface area contributed by atoms with E-state index in [1.54, 1.807) is 0 Å². The standard InChI is InChI=1S/C24H15/c1-2-8-17-16(6-1)14-22-19-10-4-3-9-18(19)20-11-5-7-15-12-13-21(17)24(22)23(15)20/h1-13H,14H2/q+1. The van der Waals surface area contributed by atoms with E-state index in [-0.39, 0.29) is 0 Å². The van der Waals surface area contributed by atoms with E-state index >= 15 is 0 Å². The normalized spacial score (nSPS) is 13.6. The summed E-state index contributed by atoms with van der Waals surface area (Å²) in [6.45, 7) is 0. The van der Waals surface area contributed by atoms with Gasteiger partial charge in [0.25, 0.3) is 0 Å². The van der Waals surface area contributed by atoms with Crippen LogP contribution >= 0.6 is 0 Å². The summed E-state index contributed by atoms with van der Waals surface area (Å²) in [6.07, 6.45) is 1.02. The van der Waals surface area contributed by atoms with Crippen LogP contribution in [0.3, 0.4) is 0 Å². The third kappa shape index (κ3) is 1.42. The molecule has 0 saturated heterocycles. The summed E-state index contributed by atoms with van der Waals surface area (Å²) in [5.41, 5.74) is 9.84. The minimum atomic E-state index is 1.02. The van der Waals surface area contributed by atoms with E-state index in [1.807, 2.05) is 0 Å². The zero-order valence-corrected chi connectivity index (χ0v) is 13.2. The molecule has 24 heavy (non-hydrogen) atoms. The molecule has 0 heterocycles. The Kier molecular flexibility index (Phi) is 2.23. The van der Waals surface area contributed by atoms with Crippen molar-refractivity contribution in [2.75, 3.05) is 0 Å². The second kappa shape index (κ2) is 4.30. The van der Waals surface area contributed by atoms with Gasteiger partial charge in [-0.2, -0.15) is 0 Å². The molecule has 0 unspecified atom stereocenters. The fourth-order valence-corrected chi connectivity index (χ4v) is 4.57. The van der Waals surface area contributed by atoms with E-state index in [9.17, 15) is 0 Å². The smallest absolute Gasteiger partial charge is 0.0619 e. The molecule has 0 aliphatic heterocycles. The highest BCUT2D eigenvalue weighted by atomic mass is 14.4. The molecular weight excluding hydrogens is 288 g/mol. The first-order chi connectivity index (χ1) is 11.9. The summed E-state index contributed by atoms with van der Waals surface area (Å²) in [6, 6.07) is 29.0. The molecule has 0 atom stereocenters. The predicted molar refractivity (Wildman–Crippen MR) is 100.0 cm³/mol. The Morgan fingerprint density at radius 3 is 2.33 bits per heavy atom. The Morgan fingerprint density at radius 1 is 0.583 bits per heavy atom. The maximum absolute atomic E-state index is 2.31. The first kappa shape index (κ1) is 12.4. The average molecular weight is 303 g/mol. The molecule has 0 radical (unpaired) electrons. The molecule has 2 aliphatic carbocycles. The van der Waals surface area contributed by atoms with Gasteiger partial charge in [0.05, 0.1) is 33.2 Å². The van der Waals surface area contributed by atoms with E-state index in [0.717, 1.165) is 6.42 Å². The molecule has 0 spiro atoms. The lowest BCUT2D eigenvalue weighted by molar-refractivity contribution is 1.01. The van der Waals surface area contributed by atoms with E-state index in [1.165, 1.54) is 55.6 Å². The molecule has 0 N–H and O–H groups in total. The van der Waals surface area contributed by atoms with Crippen molar-refractivity contribution in [2.24, 2.45) is 0 Å². The average Bonchev–Trinajstić information content (AvgIpc) is 2.66. The van der Waals surface area contributed by atoms with Crippen molar-refractivity contribution in [1.29, 1.82) is 0 Å². The Labute approximate surface area is 141 Å². The largest absolute Gasteiger partial charge is 0.0933 e. The van der Waals surface area contributed by atoms with Gasteiger partial charge in [-0.05, 0) is 54.1 Å². The van der Waals surface area contributed by atoms with E-state index in [2.05, 4.69) is 78.9 Å². The highest BCUT2D eigenvalue weighted by Gasteiger charge is 2.39. The van der Waals surface area contributed by atoms with Crippen LogP contribution < -0.4 is 0 Å². The molecule has 0 amide bonds. The molecule has 0 bridgehead atoms. The lowest BCUT2D eigenvalue weighted by Gasteiger charge is -2.29. The second-order valence-electron chi connectivity index (χ2n) is 6.75. The van der Waals surface area contributed by atoms with Crippen LogP contribution in [-0.4, -0.2) is 0 Å². The molecular formula is C24H15+. The zero-order chi connectivity index (χ0) is 15.7. The van der Waals surface area contributed by atoms with E-state index in [0.29, 0.717) is 0 Å². The van der Waals surface area contributed by atoms with Crippen molar-refractivity contribution in [3.05, 3.63) is 101 Å². The topological polar surface area (TPSA) is 0 Å². The van der Waals surface area contributed by atoms with Crippen molar-refractivity contribution in [3.63, 3.8) is 0 Å². The monoisotopic (exact) mass is 303 g/mol. The highest BCUT2D eigenvalue weighted by Crippen LogP contribution is 2.52. The lowest BCUT2D eigenvalue weighted by Crippen LogP contribution is -2.17. The SMILES string of the molecule is c1ccc2c(c1)C[C+]1c3ccccc3-c3cccc4ccc-2c1c34. The molecule has 0 saturated carbocycles. The minimum absolute atomic E-state index is 1.02. The van der Waals surface area contributed by atoms with Crippen LogP contribution in [0.5, 0.6) is 0 Å². The van der Waals surface area contributed by atoms with Crippen molar-refractivity contribution in [1.82, 2.24) is 0 Å². The van der Waals surface area contributed by atoms with Gasteiger partial charge in [0.2, 0.25) is 0 Å². The van der Waals surface area contributed by atoms with E-state index < -0.39 is 0 Å². The van der Waals surface area contributed by atoms with Crippen LogP contribution in [0.15, 0.2) is 78.9 Å². The van der Waals surface area contributed by atoms with Gasteiger partial charge in [-0.25, -0.2) is 0 Å². The van der Waals surface area contributed by atoms with Gasteiger partial charge in [0, 0.05) is 29.4 Å². The van der Waals surface area contributed by atoms with Gasteiger partial charge < -0.3 is 0 Å². The summed E-state index contributed by atoms with van der Waals surface area (Å²) >= 11 is 0.